The van der Waals surface area contributed by atoms with Crippen molar-refractivity contribution in [1.82, 2.24) is 15.0 Å². The summed E-state index contributed by atoms with van der Waals surface area (Å²) in [6.07, 6.45) is 0. The van der Waals surface area contributed by atoms with Gasteiger partial charge in [-0.2, -0.15) is 0 Å². The van der Waals surface area contributed by atoms with E-state index >= 15 is 0 Å². The summed E-state index contributed by atoms with van der Waals surface area (Å²) in [5, 5.41) is 2.77. The minimum absolute atomic E-state index is 0.160. The molecular weight excluding hydrogens is 367 g/mol. The number of imidazole rings is 1. The second-order valence-electron chi connectivity index (χ2n) is 7.36. The highest BCUT2D eigenvalue weighted by Gasteiger charge is 2.21. The topological polar surface area (TPSA) is 86.7 Å². The summed E-state index contributed by atoms with van der Waals surface area (Å²) in [4.78, 5) is 22.9. The molecule has 8 heteroatoms. The van der Waals surface area contributed by atoms with Crippen LogP contribution in [0.5, 0.6) is 0 Å². The van der Waals surface area contributed by atoms with Gasteiger partial charge in [-0.25, -0.2) is 9.37 Å². The summed E-state index contributed by atoms with van der Waals surface area (Å²) >= 11 is 5.03. The highest BCUT2D eigenvalue weighted by Crippen LogP contribution is 2.28. The first-order chi connectivity index (χ1) is 12.7. The number of aromatic nitrogens is 3. The van der Waals surface area contributed by atoms with Crippen LogP contribution in [0.15, 0.2) is 34.7 Å². The van der Waals surface area contributed by atoms with E-state index in [1.165, 1.54) is 12.1 Å². The van der Waals surface area contributed by atoms with Crippen LogP contribution in [-0.4, -0.2) is 20.9 Å². The van der Waals surface area contributed by atoms with Crippen LogP contribution in [-0.2, 0) is 5.41 Å². The lowest BCUT2D eigenvalue weighted by Gasteiger charge is -2.11. The largest absolute Gasteiger partial charge is 0.440 e. The van der Waals surface area contributed by atoms with Crippen LogP contribution in [0, 0.1) is 10.6 Å². The van der Waals surface area contributed by atoms with Gasteiger partial charge in [0, 0.05) is 11.1 Å². The second kappa shape index (κ2) is 6.02. The minimum atomic E-state index is -0.528. The number of fused-ring (bicyclic) bond motifs is 2. The Kier molecular flexibility index (Phi) is 3.88. The Hall–Kier alpha value is -3.00. The van der Waals surface area contributed by atoms with Gasteiger partial charge in [0.15, 0.2) is 10.4 Å². The van der Waals surface area contributed by atoms with Gasteiger partial charge >= 0.3 is 0 Å². The average molecular weight is 384 g/mol. The highest BCUT2D eigenvalue weighted by atomic mass is 32.1. The van der Waals surface area contributed by atoms with E-state index in [1.807, 2.05) is 20.8 Å². The van der Waals surface area contributed by atoms with Gasteiger partial charge in [-0.3, -0.25) is 4.79 Å². The zero-order valence-electron chi connectivity index (χ0n) is 14.9. The number of aromatic amines is 2. The third kappa shape index (κ3) is 3.23. The van der Waals surface area contributed by atoms with Gasteiger partial charge in [-0.1, -0.05) is 20.8 Å². The molecule has 0 atom stereocenters. The van der Waals surface area contributed by atoms with Gasteiger partial charge in [0.25, 0.3) is 5.91 Å². The van der Waals surface area contributed by atoms with E-state index in [0.29, 0.717) is 38.5 Å². The number of H-pyrrole nitrogens is 2. The van der Waals surface area contributed by atoms with Crippen molar-refractivity contribution in [2.24, 2.45) is 0 Å². The molecule has 3 N–H and O–H groups in total. The van der Waals surface area contributed by atoms with Crippen molar-refractivity contribution in [2.75, 3.05) is 5.32 Å². The molecule has 0 saturated heterocycles. The standard InChI is InChI=1S/C19H17FN4O2S/c1-19(2,3)17-22-12-8-10(4-5-14(12)26-17)21-16(25)11-6-9(20)7-13-15(11)24-18(27)23-13/h4-8H,1-3H3,(H,21,25)(H2,23,24,27). The third-order valence-corrected chi connectivity index (χ3v) is 4.33. The maximum absolute atomic E-state index is 13.9. The fourth-order valence-corrected chi connectivity index (χ4v) is 3.02. The summed E-state index contributed by atoms with van der Waals surface area (Å²) in [5.41, 5.74) is 2.65. The molecule has 138 valence electrons. The molecule has 4 aromatic rings. The van der Waals surface area contributed by atoms with Crippen LogP contribution in [0.4, 0.5) is 10.1 Å². The van der Waals surface area contributed by atoms with E-state index < -0.39 is 11.7 Å². The van der Waals surface area contributed by atoms with Crippen molar-refractivity contribution < 1.29 is 13.6 Å². The number of benzene rings is 2. The van der Waals surface area contributed by atoms with E-state index in [2.05, 4.69) is 20.3 Å². The molecule has 0 aliphatic heterocycles. The van der Waals surface area contributed by atoms with E-state index in [1.54, 1.807) is 18.2 Å². The number of hydrogen-bond donors (Lipinski definition) is 3. The van der Waals surface area contributed by atoms with Crippen molar-refractivity contribution >= 4 is 45.9 Å². The zero-order chi connectivity index (χ0) is 19.3. The summed E-state index contributed by atoms with van der Waals surface area (Å²) < 4.78 is 19.9. The zero-order valence-corrected chi connectivity index (χ0v) is 15.8. The Bertz CT molecular complexity index is 1250. The number of oxazole rings is 1. The number of hydrogen-bond acceptors (Lipinski definition) is 4. The normalized spacial score (nSPS) is 12.0. The van der Waals surface area contributed by atoms with Crippen LogP contribution < -0.4 is 5.32 Å². The molecule has 0 unspecified atom stereocenters. The van der Waals surface area contributed by atoms with Crippen LogP contribution in [0.2, 0.25) is 0 Å². The van der Waals surface area contributed by atoms with E-state index in [9.17, 15) is 9.18 Å². The van der Waals surface area contributed by atoms with Gasteiger partial charge in [0.05, 0.1) is 16.6 Å². The molecule has 0 aliphatic carbocycles. The molecule has 27 heavy (non-hydrogen) atoms. The van der Waals surface area contributed by atoms with Crippen molar-refractivity contribution in [1.29, 1.82) is 0 Å². The maximum Gasteiger partial charge on any atom is 0.257 e. The minimum Gasteiger partial charge on any atom is -0.440 e. The Morgan fingerprint density at radius 3 is 2.74 bits per heavy atom. The fourth-order valence-electron chi connectivity index (χ4n) is 2.81. The number of nitrogens with zero attached hydrogens (tertiary/aromatic N) is 1. The number of rotatable bonds is 2. The smallest absolute Gasteiger partial charge is 0.257 e. The Labute approximate surface area is 158 Å². The molecule has 6 nitrogen and oxygen atoms in total. The highest BCUT2D eigenvalue weighted by molar-refractivity contribution is 7.71. The molecule has 2 aromatic heterocycles. The van der Waals surface area contributed by atoms with Gasteiger partial charge in [0.1, 0.15) is 11.3 Å². The monoisotopic (exact) mass is 384 g/mol. The number of amides is 1. The SMILES string of the molecule is CC(C)(C)c1nc2cc(NC(=O)c3cc(F)cc4[nH]c(=S)[nH]c34)ccc2o1. The first-order valence-corrected chi connectivity index (χ1v) is 8.75. The average Bonchev–Trinajstić information content (AvgIpc) is 3.15. The lowest BCUT2D eigenvalue weighted by Crippen LogP contribution is -2.13. The number of carbonyl (C=O) groups is 1. The van der Waals surface area contributed by atoms with Gasteiger partial charge in [-0.05, 0) is 42.5 Å². The molecule has 0 bridgehead atoms. The molecule has 0 saturated carbocycles. The summed E-state index contributed by atoms with van der Waals surface area (Å²) in [7, 11) is 0. The van der Waals surface area contributed by atoms with Crippen LogP contribution in [0.3, 0.4) is 0 Å². The molecule has 2 aromatic carbocycles. The first kappa shape index (κ1) is 17.4. The molecule has 0 spiro atoms. The lowest BCUT2D eigenvalue weighted by molar-refractivity contribution is 0.102. The summed E-state index contributed by atoms with van der Waals surface area (Å²) in [6, 6.07) is 7.64. The third-order valence-electron chi connectivity index (χ3n) is 4.12. The molecule has 4 rings (SSSR count). The predicted molar refractivity (Wildman–Crippen MR) is 104 cm³/mol. The Morgan fingerprint density at radius 2 is 2.00 bits per heavy atom. The van der Waals surface area contributed by atoms with Gasteiger partial charge in [0.2, 0.25) is 5.89 Å². The van der Waals surface area contributed by atoms with Crippen molar-refractivity contribution in [2.45, 2.75) is 26.2 Å². The lowest BCUT2D eigenvalue weighted by atomic mass is 9.97. The maximum atomic E-state index is 13.9. The Morgan fingerprint density at radius 1 is 1.22 bits per heavy atom. The quantitative estimate of drug-likeness (QED) is 0.422. The van der Waals surface area contributed by atoms with Crippen LogP contribution >= 0.6 is 12.2 Å². The molecule has 0 fully saturated rings. The van der Waals surface area contributed by atoms with E-state index in [4.69, 9.17) is 16.6 Å². The van der Waals surface area contributed by atoms with Crippen LogP contribution in [0.1, 0.15) is 37.0 Å². The molecule has 0 radical (unpaired) electrons. The summed E-state index contributed by atoms with van der Waals surface area (Å²) in [5.74, 6) is -0.365. The summed E-state index contributed by atoms with van der Waals surface area (Å²) in [6.45, 7) is 6.03. The Balaban J connectivity index is 1.70. The number of nitrogens with one attached hydrogen (secondary N) is 3. The van der Waals surface area contributed by atoms with Crippen LogP contribution in [0.25, 0.3) is 22.1 Å². The molecular formula is C19H17FN4O2S. The first-order valence-electron chi connectivity index (χ1n) is 8.35. The fraction of sp³-hybridized carbons (Fsp3) is 0.211. The molecule has 0 aliphatic rings. The number of anilines is 1. The number of halogens is 1. The predicted octanol–water partition coefficient (Wildman–Crippen LogP) is 5.06. The van der Waals surface area contributed by atoms with Gasteiger partial charge in [-0.15, -0.1) is 0 Å². The van der Waals surface area contributed by atoms with Crippen molar-refractivity contribution in [3.05, 3.63) is 52.4 Å². The molecule has 2 heterocycles. The van der Waals surface area contributed by atoms with E-state index in [0.717, 1.165) is 0 Å². The number of carbonyl (C=O) groups excluding carboxylic acids is 1. The van der Waals surface area contributed by atoms with Crippen molar-refractivity contribution in [3.63, 3.8) is 0 Å². The second-order valence-corrected chi connectivity index (χ2v) is 7.77. The van der Waals surface area contributed by atoms with E-state index in [-0.39, 0.29) is 11.0 Å². The van der Waals surface area contributed by atoms with Gasteiger partial charge < -0.3 is 19.7 Å². The molecule has 1 amide bonds. The van der Waals surface area contributed by atoms with Crippen molar-refractivity contribution in [3.8, 4) is 0 Å².